The number of H-pyrrole nitrogens is 1. The first-order valence-electron chi connectivity index (χ1n) is 10.1. The number of urea groups is 1. The molecule has 0 aliphatic carbocycles. The lowest BCUT2D eigenvalue weighted by Gasteiger charge is -2.23. The lowest BCUT2D eigenvalue weighted by molar-refractivity contribution is 0.185. The Balaban J connectivity index is 1.63. The summed E-state index contributed by atoms with van der Waals surface area (Å²) in [6.07, 6.45) is 2.07. The topological polar surface area (TPSA) is 140 Å². The molecule has 0 bridgehead atoms. The van der Waals surface area contributed by atoms with Crippen LogP contribution >= 0.6 is 0 Å². The third-order valence-corrected chi connectivity index (χ3v) is 4.62. The fourth-order valence-corrected chi connectivity index (χ4v) is 3.05. The number of amides is 3. The normalized spacial score (nSPS) is 10.5. The van der Waals surface area contributed by atoms with Gasteiger partial charge in [-0.2, -0.15) is 5.10 Å². The standard InChI is InChI=1S/C22H24FN5O5/c23-19-11-16(17-12-25-26-13-17)4-5-20(19)27-21(30)28(7-8-29)14-15-2-1-3-18(10-15)33-9-6-24-22(31)32/h1-5,10-13,24,29H,6-9,14H2,(H,25,26)(H,27,30)(H,31,32). The van der Waals surface area contributed by atoms with E-state index in [1.54, 1.807) is 42.7 Å². The largest absolute Gasteiger partial charge is 0.492 e. The Kier molecular flexibility index (Phi) is 8.19. The van der Waals surface area contributed by atoms with Gasteiger partial charge in [0, 0.05) is 24.8 Å². The minimum atomic E-state index is -1.13. The van der Waals surface area contributed by atoms with Crippen LogP contribution in [0, 0.1) is 5.82 Å². The van der Waals surface area contributed by atoms with Crippen molar-refractivity contribution in [1.82, 2.24) is 20.4 Å². The summed E-state index contributed by atoms with van der Waals surface area (Å²) in [5, 5.41) is 29.2. The van der Waals surface area contributed by atoms with Crippen molar-refractivity contribution < 1.29 is 28.9 Å². The van der Waals surface area contributed by atoms with Crippen molar-refractivity contribution in [1.29, 1.82) is 0 Å². The molecule has 3 aromatic rings. The van der Waals surface area contributed by atoms with Gasteiger partial charge in [0.15, 0.2) is 0 Å². The number of aromatic nitrogens is 2. The second-order valence-electron chi connectivity index (χ2n) is 6.98. The lowest BCUT2D eigenvalue weighted by Crippen LogP contribution is -2.36. The summed E-state index contributed by atoms with van der Waals surface area (Å²) in [6.45, 7) is 0.181. The molecule has 0 unspecified atom stereocenters. The highest BCUT2D eigenvalue weighted by Gasteiger charge is 2.16. The molecule has 0 aliphatic rings. The number of aliphatic hydroxyl groups excluding tert-OH is 1. The number of hydrogen-bond donors (Lipinski definition) is 5. The van der Waals surface area contributed by atoms with E-state index in [0.29, 0.717) is 11.3 Å². The second kappa shape index (κ2) is 11.5. The van der Waals surface area contributed by atoms with E-state index in [-0.39, 0.29) is 38.5 Å². The fraction of sp³-hybridized carbons (Fsp3) is 0.227. The van der Waals surface area contributed by atoms with Crippen molar-refractivity contribution in [2.24, 2.45) is 0 Å². The number of aliphatic hydroxyl groups is 1. The average molecular weight is 457 g/mol. The maximum absolute atomic E-state index is 14.6. The maximum Gasteiger partial charge on any atom is 0.404 e. The Labute approximate surface area is 189 Å². The third-order valence-electron chi connectivity index (χ3n) is 4.62. The first kappa shape index (κ1) is 23.5. The highest BCUT2D eigenvalue weighted by atomic mass is 19.1. The highest BCUT2D eigenvalue weighted by molar-refractivity contribution is 5.89. The summed E-state index contributed by atoms with van der Waals surface area (Å²) in [5.74, 6) is -0.0960. The summed E-state index contributed by atoms with van der Waals surface area (Å²) in [6, 6.07) is 10.8. The number of aromatic amines is 1. The summed E-state index contributed by atoms with van der Waals surface area (Å²) in [5.41, 5.74) is 2.06. The van der Waals surface area contributed by atoms with Gasteiger partial charge in [-0.25, -0.2) is 14.0 Å². The van der Waals surface area contributed by atoms with Gasteiger partial charge in [0.2, 0.25) is 0 Å². The van der Waals surface area contributed by atoms with E-state index < -0.39 is 17.9 Å². The van der Waals surface area contributed by atoms with Crippen LogP contribution in [0.2, 0.25) is 0 Å². The molecule has 33 heavy (non-hydrogen) atoms. The molecule has 0 aliphatic heterocycles. The predicted molar refractivity (Wildman–Crippen MR) is 118 cm³/mol. The van der Waals surface area contributed by atoms with Gasteiger partial charge in [0.05, 0.1) is 25.0 Å². The summed E-state index contributed by atoms with van der Waals surface area (Å²) < 4.78 is 20.1. The molecular weight excluding hydrogens is 433 g/mol. The van der Waals surface area contributed by atoms with Crippen LogP contribution < -0.4 is 15.4 Å². The molecular formula is C22H24FN5O5. The van der Waals surface area contributed by atoms with Crippen molar-refractivity contribution in [2.75, 3.05) is 31.6 Å². The SMILES string of the molecule is O=C(O)NCCOc1cccc(CN(CCO)C(=O)Nc2ccc(-c3cn[nH]c3)cc2F)c1. The van der Waals surface area contributed by atoms with E-state index >= 15 is 0 Å². The van der Waals surface area contributed by atoms with Crippen molar-refractivity contribution in [3.8, 4) is 16.9 Å². The predicted octanol–water partition coefficient (Wildman–Crippen LogP) is 2.89. The van der Waals surface area contributed by atoms with Gasteiger partial charge >= 0.3 is 12.1 Å². The maximum atomic E-state index is 14.6. The number of anilines is 1. The molecule has 0 spiro atoms. The Bertz CT molecular complexity index is 1080. The minimum Gasteiger partial charge on any atom is -0.492 e. The number of nitrogens with zero attached hydrogens (tertiary/aromatic N) is 2. The van der Waals surface area contributed by atoms with E-state index in [0.717, 1.165) is 11.1 Å². The van der Waals surface area contributed by atoms with Gasteiger partial charge in [0.1, 0.15) is 18.2 Å². The van der Waals surface area contributed by atoms with Gasteiger partial charge in [-0.15, -0.1) is 0 Å². The molecule has 0 atom stereocenters. The zero-order valence-electron chi connectivity index (χ0n) is 17.6. The van der Waals surface area contributed by atoms with Crippen molar-refractivity contribution in [3.63, 3.8) is 0 Å². The number of rotatable bonds is 10. The first-order chi connectivity index (χ1) is 16.0. The molecule has 1 aromatic heterocycles. The molecule has 11 heteroatoms. The van der Waals surface area contributed by atoms with Gasteiger partial charge in [-0.3, -0.25) is 5.10 Å². The smallest absolute Gasteiger partial charge is 0.404 e. The number of carboxylic acid groups (broad SMARTS) is 1. The Morgan fingerprint density at radius 3 is 2.73 bits per heavy atom. The van der Waals surface area contributed by atoms with Gasteiger partial charge in [-0.1, -0.05) is 18.2 Å². The second-order valence-corrected chi connectivity index (χ2v) is 6.98. The molecule has 3 rings (SSSR count). The van der Waals surface area contributed by atoms with Crippen LogP contribution in [0.4, 0.5) is 19.7 Å². The Morgan fingerprint density at radius 1 is 1.18 bits per heavy atom. The van der Waals surface area contributed by atoms with Gasteiger partial charge < -0.3 is 30.5 Å². The van der Waals surface area contributed by atoms with Crippen LogP contribution in [-0.2, 0) is 6.54 Å². The summed E-state index contributed by atoms with van der Waals surface area (Å²) in [7, 11) is 0. The number of ether oxygens (including phenoxy) is 1. The third kappa shape index (κ3) is 6.94. The number of carbonyl (C=O) groups is 2. The number of hydrogen-bond acceptors (Lipinski definition) is 5. The molecule has 0 fully saturated rings. The van der Waals surface area contributed by atoms with Gasteiger partial charge in [0.25, 0.3) is 0 Å². The van der Waals surface area contributed by atoms with Crippen LogP contribution in [-0.4, -0.2) is 63.7 Å². The van der Waals surface area contributed by atoms with Crippen molar-refractivity contribution in [2.45, 2.75) is 6.54 Å². The number of carbonyl (C=O) groups excluding carboxylic acids is 1. The highest BCUT2D eigenvalue weighted by Crippen LogP contribution is 2.24. The monoisotopic (exact) mass is 457 g/mol. The Hall–Kier alpha value is -4.12. The van der Waals surface area contributed by atoms with Crippen LogP contribution in [0.5, 0.6) is 5.75 Å². The van der Waals surface area contributed by atoms with Crippen LogP contribution in [0.15, 0.2) is 54.9 Å². The van der Waals surface area contributed by atoms with E-state index in [2.05, 4.69) is 20.8 Å². The quantitative estimate of drug-likeness (QED) is 0.297. The molecule has 10 nitrogen and oxygen atoms in total. The molecule has 0 saturated carbocycles. The van der Waals surface area contributed by atoms with E-state index in [9.17, 15) is 19.1 Å². The van der Waals surface area contributed by atoms with E-state index in [4.69, 9.17) is 9.84 Å². The van der Waals surface area contributed by atoms with Crippen LogP contribution in [0.3, 0.4) is 0 Å². The number of nitrogens with one attached hydrogen (secondary N) is 3. The Morgan fingerprint density at radius 2 is 2.03 bits per heavy atom. The molecule has 5 N–H and O–H groups in total. The van der Waals surface area contributed by atoms with Gasteiger partial charge in [-0.05, 0) is 35.4 Å². The molecule has 0 radical (unpaired) electrons. The van der Waals surface area contributed by atoms with Crippen molar-refractivity contribution >= 4 is 17.8 Å². The van der Waals surface area contributed by atoms with E-state index in [1.165, 1.54) is 17.0 Å². The zero-order chi connectivity index (χ0) is 23.6. The number of benzene rings is 2. The van der Waals surface area contributed by atoms with Crippen LogP contribution in [0.25, 0.3) is 11.1 Å². The molecule has 0 saturated heterocycles. The fourth-order valence-electron chi connectivity index (χ4n) is 3.05. The number of halogens is 1. The molecule has 1 heterocycles. The lowest BCUT2D eigenvalue weighted by atomic mass is 10.1. The van der Waals surface area contributed by atoms with Crippen molar-refractivity contribution in [3.05, 3.63) is 66.2 Å². The summed E-state index contributed by atoms with van der Waals surface area (Å²) in [4.78, 5) is 24.6. The molecule has 2 aromatic carbocycles. The van der Waals surface area contributed by atoms with Crippen LogP contribution in [0.1, 0.15) is 5.56 Å². The van der Waals surface area contributed by atoms with E-state index in [1.807, 2.05) is 0 Å². The summed E-state index contributed by atoms with van der Waals surface area (Å²) >= 11 is 0. The minimum absolute atomic E-state index is 0.0122. The first-order valence-corrected chi connectivity index (χ1v) is 10.1. The zero-order valence-corrected chi connectivity index (χ0v) is 17.6. The molecule has 174 valence electrons. The molecule has 3 amide bonds. The average Bonchev–Trinajstić information content (AvgIpc) is 3.33.